The minimum Gasteiger partial charge on any atom is -0.492 e. The highest BCUT2D eigenvalue weighted by Gasteiger charge is 2.16. The second-order valence-electron chi connectivity index (χ2n) is 4.57. The fourth-order valence-electron chi connectivity index (χ4n) is 1.90. The Morgan fingerprint density at radius 2 is 2.20 bits per heavy atom. The van der Waals surface area contributed by atoms with Crippen molar-refractivity contribution in [2.45, 2.75) is 0 Å². The number of anilines is 1. The van der Waals surface area contributed by atoms with Crippen LogP contribution >= 0.6 is 11.6 Å². The molecule has 0 atom stereocenters. The average molecular weight is 290 g/mol. The van der Waals surface area contributed by atoms with E-state index >= 15 is 0 Å². The molecule has 20 heavy (non-hydrogen) atoms. The van der Waals surface area contributed by atoms with Crippen LogP contribution in [0.15, 0.2) is 17.3 Å². The molecule has 0 amide bonds. The maximum Gasteiger partial charge on any atom is 0.238 e. The molecular weight excluding hydrogens is 278 g/mol. The van der Waals surface area contributed by atoms with Crippen molar-refractivity contribution >= 4 is 41.2 Å². The smallest absolute Gasteiger partial charge is 0.238 e. The fraction of sp³-hybridized carbons (Fsp3) is 0.154. The Morgan fingerprint density at radius 1 is 1.40 bits per heavy atom. The van der Waals surface area contributed by atoms with Gasteiger partial charge < -0.3 is 15.0 Å². The number of hydrogen-bond donors (Lipinski definition) is 2. The summed E-state index contributed by atoms with van der Waals surface area (Å²) in [5.41, 5.74) is 2.17. The zero-order chi connectivity index (χ0) is 14.3. The van der Waals surface area contributed by atoms with Crippen LogP contribution in [0, 0.1) is 0 Å². The summed E-state index contributed by atoms with van der Waals surface area (Å²) >= 11 is 5.95. The van der Waals surface area contributed by atoms with E-state index in [1.165, 1.54) is 0 Å². The summed E-state index contributed by atoms with van der Waals surface area (Å²) in [5.74, 6) is 1.14. The monoisotopic (exact) mass is 289 g/mol. The molecule has 0 saturated carbocycles. The van der Waals surface area contributed by atoms with Crippen molar-refractivity contribution in [2.75, 3.05) is 19.0 Å². The number of aromatic amines is 1. The third-order valence-corrected chi connectivity index (χ3v) is 3.10. The topological polar surface area (TPSA) is 77.4 Å². The van der Waals surface area contributed by atoms with Crippen molar-refractivity contribution in [1.29, 1.82) is 0 Å². The maximum absolute atomic E-state index is 9.84. The molecule has 2 aromatic rings. The van der Waals surface area contributed by atoms with Gasteiger partial charge in [-0.1, -0.05) is 11.6 Å². The van der Waals surface area contributed by atoms with Crippen molar-refractivity contribution < 1.29 is 5.11 Å². The number of aromatic nitrogens is 3. The van der Waals surface area contributed by atoms with E-state index in [4.69, 9.17) is 11.6 Å². The molecule has 0 bridgehead atoms. The largest absolute Gasteiger partial charge is 0.492 e. The van der Waals surface area contributed by atoms with Gasteiger partial charge in [0.2, 0.25) is 11.8 Å². The number of aromatic hydroxyl groups is 1. The number of H-pyrrole nitrogens is 1. The standard InChI is InChI=1S/C13H12ClN5O/c1-19(2)13-17-10(12(20)18-13)3-7-5-15-11-9(7)4-8(14)6-16-11/h3-6,20H,1-2H3,(H,17,18)/b7-3-. The van der Waals surface area contributed by atoms with Gasteiger partial charge in [0.15, 0.2) is 5.82 Å². The lowest BCUT2D eigenvalue weighted by Gasteiger charge is -2.05. The first-order valence-corrected chi connectivity index (χ1v) is 6.30. The quantitative estimate of drug-likeness (QED) is 0.890. The Kier molecular flexibility index (Phi) is 2.94. The lowest BCUT2D eigenvalue weighted by atomic mass is 10.1. The van der Waals surface area contributed by atoms with Gasteiger partial charge in [-0.3, -0.25) is 0 Å². The predicted molar refractivity (Wildman–Crippen MR) is 79.8 cm³/mol. The predicted octanol–water partition coefficient (Wildman–Crippen LogP) is 2.49. The fourth-order valence-corrected chi connectivity index (χ4v) is 2.05. The Hall–Kier alpha value is -2.34. The summed E-state index contributed by atoms with van der Waals surface area (Å²) < 4.78 is 0. The second kappa shape index (κ2) is 4.64. The average Bonchev–Trinajstić information content (AvgIpc) is 2.95. The van der Waals surface area contributed by atoms with Crippen LogP contribution in [-0.4, -0.2) is 40.4 Å². The normalized spacial score (nSPS) is 14.8. The number of nitrogens with one attached hydrogen (secondary N) is 1. The summed E-state index contributed by atoms with van der Waals surface area (Å²) in [6.07, 6.45) is 5.00. The molecule has 2 aromatic heterocycles. The van der Waals surface area contributed by atoms with Gasteiger partial charge in [0.1, 0.15) is 5.69 Å². The van der Waals surface area contributed by atoms with Crippen LogP contribution in [0.4, 0.5) is 11.8 Å². The molecule has 0 unspecified atom stereocenters. The third kappa shape index (κ3) is 2.14. The van der Waals surface area contributed by atoms with Crippen molar-refractivity contribution in [3.63, 3.8) is 0 Å². The molecule has 3 heterocycles. The van der Waals surface area contributed by atoms with Crippen molar-refractivity contribution in [3.05, 3.63) is 28.5 Å². The summed E-state index contributed by atoms with van der Waals surface area (Å²) in [7, 11) is 3.68. The Labute approximate surface area is 120 Å². The van der Waals surface area contributed by atoms with Gasteiger partial charge in [-0.15, -0.1) is 0 Å². The number of pyridine rings is 1. The molecule has 6 nitrogen and oxygen atoms in total. The number of allylic oxidation sites excluding steroid dienone is 1. The first kappa shape index (κ1) is 12.7. The van der Waals surface area contributed by atoms with Crippen LogP contribution in [0.3, 0.4) is 0 Å². The molecular formula is C13H12ClN5O. The molecule has 0 aromatic carbocycles. The highest BCUT2D eigenvalue weighted by Crippen LogP contribution is 2.33. The van der Waals surface area contributed by atoms with Gasteiger partial charge in [0.05, 0.1) is 5.02 Å². The molecule has 0 spiro atoms. The van der Waals surface area contributed by atoms with Gasteiger partial charge in [0.25, 0.3) is 0 Å². The molecule has 3 rings (SSSR count). The molecule has 1 aliphatic rings. The molecule has 0 saturated heterocycles. The van der Waals surface area contributed by atoms with E-state index in [0.29, 0.717) is 22.5 Å². The lowest BCUT2D eigenvalue weighted by Crippen LogP contribution is -2.10. The molecule has 0 aliphatic carbocycles. The van der Waals surface area contributed by atoms with Gasteiger partial charge in [-0.2, -0.15) is 4.98 Å². The number of nitrogens with zero attached hydrogens (tertiary/aromatic N) is 4. The SMILES string of the molecule is CN(C)c1nc(O)c(/C=C2/C=Nc3ncc(Cl)cc32)[nH]1. The van der Waals surface area contributed by atoms with E-state index in [9.17, 15) is 5.11 Å². The van der Waals surface area contributed by atoms with Crippen LogP contribution in [0.25, 0.3) is 11.6 Å². The minimum absolute atomic E-state index is 0.0574. The highest BCUT2D eigenvalue weighted by atomic mass is 35.5. The van der Waals surface area contributed by atoms with Crippen molar-refractivity contribution in [2.24, 2.45) is 4.99 Å². The third-order valence-electron chi connectivity index (χ3n) is 2.89. The zero-order valence-corrected chi connectivity index (χ0v) is 11.7. The van der Waals surface area contributed by atoms with Gasteiger partial charge >= 0.3 is 0 Å². The van der Waals surface area contributed by atoms with Gasteiger partial charge in [-0.05, 0) is 12.1 Å². The zero-order valence-electron chi connectivity index (χ0n) is 10.9. The Bertz CT molecular complexity index is 732. The van der Waals surface area contributed by atoms with E-state index in [1.54, 1.807) is 29.5 Å². The van der Waals surface area contributed by atoms with Gasteiger partial charge in [0, 0.05) is 37.6 Å². The molecule has 7 heteroatoms. The molecule has 0 fully saturated rings. The van der Waals surface area contributed by atoms with E-state index in [2.05, 4.69) is 19.9 Å². The Balaban J connectivity index is 2.03. The number of rotatable bonds is 2. The van der Waals surface area contributed by atoms with Crippen LogP contribution < -0.4 is 4.90 Å². The van der Waals surface area contributed by atoms with Crippen LogP contribution in [0.2, 0.25) is 5.02 Å². The van der Waals surface area contributed by atoms with E-state index < -0.39 is 0 Å². The van der Waals surface area contributed by atoms with Crippen molar-refractivity contribution in [1.82, 2.24) is 15.0 Å². The molecule has 0 radical (unpaired) electrons. The first-order chi connectivity index (χ1) is 9.54. The minimum atomic E-state index is -0.0574. The Morgan fingerprint density at radius 3 is 2.90 bits per heavy atom. The van der Waals surface area contributed by atoms with Crippen LogP contribution in [-0.2, 0) is 0 Å². The molecule has 102 valence electrons. The second-order valence-corrected chi connectivity index (χ2v) is 5.01. The van der Waals surface area contributed by atoms with E-state index in [-0.39, 0.29) is 5.88 Å². The van der Waals surface area contributed by atoms with E-state index in [0.717, 1.165) is 11.1 Å². The van der Waals surface area contributed by atoms with Crippen LogP contribution in [0.5, 0.6) is 5.88 Å². The number of imidazole rings is 1. The number of halogens is 1. The van der Waals surface area contributed by atoms with Gasteiger partial charge in [-0.25, -0.2) is 9.98 Å². The lowest BCUT2D eigenvalue weighted by molar-refractivity contribution is 0.455. The summed E-state index contributed by atoms with van der Waals surface area (Å²) in [5, 5.41) is 10.4. The molecule has 1 aliphatic heterocycles. The molecule has 2 N–H and O–H groups in total. The highest BCUT2D eigenvalue weighted by molar-refractivity contribution is 6.31. The van der Waals surface area contributed by atoms with E-state index in [1.807, 2.05) is 14.1 Å². The maximum atomic E-state index is 9.84. The first-order valence-electron chi connectivity index (χ1n) is 5.92. The summed E-state index contributed by atoms with van der Waals surface area (Å²) in [6, 6.07) is 1.79. The number of hydrogen-bond acceptors (Lipinski definition) is 5. The number of aliphatic imine (C=N–C) groups is 1. The summed E-state index contributed by atoms with van der Waals surface area (Å²) in [6.45, 7) is 0. The number of fused-ring (bicyclic) bond motifs is 1. The van der Waals surface area contributed by atoms with Crippen LogP contribution in [0.1, 0.15) is 11.3 Å². The van der Waals surface area contributed by atoms with Crippen molar-refractivity contribution in [3.8, 4) is 5.88 Å². The summed E-state index contributed by atoms with van der Waals surface area (Å²) in [4.78, 5) is 17.2.